The summed E-state index contributed by atoms with van der Waals surface area (Å²) in [5.41, 5.74) is 4.04. The average molecular weight is 368 g/mol. The molecule has 0 fully saturated rings. The zero-order valence-electron chi connectivity index (χ0n) is 12.3. The monoisotopic (exact) mass is 367 g/mol. The van der Waals surface area contributed by atoms with Gasteiger partial charge in [-0.25, -0.2) is 9.97 Å². The Morgan fingerprint density at radius 2 is 1.79 bits per heavy atom. The van der Waals surface area contributed by atoms with Crippen LogP contribution < -0.4 is 0 Å². The van der Waals surface area contributed by atoms with Gasteiger partial charge in [0.15, 0.2) is 4.96 Å². The van der Waals surface area contributed by atoms with Crippen molar-refractivity contribution in [3.05, 3.63) is 65.1 Å². The fraction of sp³-hybridized carbons (Fsp3) is 0. The van der Waals surface area contributed by atoms with E-state index >= 15 is 0 Å². The first kappa shape index (κ1) is 14.2. The van der Waals surface area contributed by atoms with E-state index in [1.807, 2.05) is 54.0 Å². The Morgan fingerprint density at radius 1 is 0.958 bits per heavy atom. The minimum absolute atomic E-state index is 0.723. The Labute approximate surface area is 150 Å². The van der Waals surface area contributed by atoms with Crippen LogP contribution in [0.3, 0.4) is 0 Å². The van der Waals surface area contributed by atoms with Gasteiger partial charge in [0.25, 0.3) is 0 Å². The topological polar surface area (TPSA) is 30.2 Å². The molecule has 24 heavy (non-hydrogen) atoms. The second-order valence-corrected chi connectivity index (χ2v) is 7.70. The summed E-state index contributed by atoms with van der Waals surface area (Å²) >= 11 is 9.35. The van der Waals surface area contributed by atoms with Crippen molar-refractivity contribution < 1.29 is 0 Å². The quantitative estimate of drug-likeness (QED) is 0.383. The van der Waals surface area contributed by atoms with Crippen LogP contribution >= 0.6 is 34.3 Å². The summed E-state index contributed by atoms with van der Waals surface area (Å²) < 4.78 is 3.30. The van der Waals surface area contributed by atoms with Gasteiger partial charge in [0.2, 0.25) is 0 Å². The Kier molecular flexibility index (Phi) is 3.19. The summed E-state index contributed by atoms with van der Waals surface area (Å²) in [6.07, 6.45) is 2.05. The van der Waals surface area contributed by atoms with E-state index in [0.717, 1.165) is 37.5 Å². The van der Waals surface area contributed by atoms with Gasteiger partial charge < -0.3 is 0 Å². The van der Waals surface area contributed by atoms with E-state index in [0.29, 0.717) is 0 Å². The molecule has 0 bridgehead atoms. The number of fused-ring (bicyclic) bond motifs is 2. The maximum Gasteiger partial charge on any atom is 0.194 e. The molecule has 0 aliphatic carbocycles. The molecular formula is C18H10ClN3S2. The second-order valence-electron chi connectivity index (χ2n) is 5.36. The molecule has 3 heterocycles. The number of nitrogens with zero attached hydrogens (tertiary/aromatic N) is 3. The van der Waals surface area contributed by atoms with Crippen molar-refractivity contribution in [2.75, 3.05) is 0 Å². The largest absolute Gasteiger partial charge is 0.287 e. The summed E-state index contributed by atoms with van der Waals surface area (Å²) in [6, 6.07) is 16.0. The number of hydrogen-bond acceptors (Lipinski definition) is 4. The van der Waals surface area contributed by atoms with E-state index in [4.69, 9.17) is 21.6 Å². The third-order valence-corrected chi connectivity index (χ3v) is 5.93. The molecule has 0 radical (unpaired) electrons. The number of rotatable bonds is 2. The average Bonchev–Trinajstić information content (AvgIpc) is 3.28. The van der Waals surface area contributed by atoms with Crippen molar-refractivity contribution in [2.45, 2.75) is 0 Å². The summed E-state index contributed by atoms with van der Waals surface area (Å²) in [5, 5.41) is 3.75. The van der Waals surface area contributed by atoms with E-state index in [1.165, 1.54) is 4.70 Å². The molecule has 0 spiro atoms. The molecular weight excluding hydrogens is 358 g/mol. The van der Waals surface area contributed by atoms with Crippen LogP contribution in [0.4, 0.5) is 0 Å². The maximum absolute atomic E-state index is 6.03. The highest BCUT2D eigenvalue weighted by Gasteiger charge is 2.19. The van der Waals surface area contributed by atoms with Crippen LogP contribution in [-0.2, 0) is 0 Å². The predicted octanol–water partition coefficient (Wildman–Crippen LogP) is 5.99. The molecule has 0 saturated carbocycles. The molecule has 0 saturated heterocycles. The number of benzene rings is 2. The van der Waals surface area contributed by atoms with Crippen molar-refractivity contribution in [3.8, 4) is 22.0 Å². The standard InChI is InChI=1S/C18H10ClN3S2/c19-12-7-5-11(6-8-12)15-16(22-9-10-23-18(22)21-15)17-20-13-3-1-2-4-14(13)24-17/h1-10H. The molecule has 5 rings (SSSR count). The lowest BCUT2D eigenvalue weighted by Crippen LogP contribution is -1.86. The van der Waals surface area contributed by atoms with Crippen LogP contribution in [0.2, 0.25) is 5.02 Å². The highest BCUT2D eigenvalue weighted by molar-refractivity contribution is 7.21. The molecule has 0 unspecified atom stereocenters. The first-order valence-corrected chi connectivity index (χ1v) is 9.44. The molecule has 6 heteroatoms. The van der Waals surface area contributed by atoms with Gasteiger partial charge >= 0.3 is 0 Å². The van der Waals surface area contributed by atoms with Gasteiger partial charge in [-0.1, -0.05) is 35.9 Å². The lowest BCUT2D eigenvalue weighted by atomic mass is 10.1. The molecule has 0 aliphatic rings. The number of aromatic nitrogens is 3. The van der Waals surface area contributed by atoms with Gasteiger partial charge in [0.05, 0.1) is 10.2 Å². The number of imidazole rings is 1. The molecule has 0 aliphatic heterocycles. The zero-order valence-corrected chi connectivity index (χ0v) is 14.7. The fourth-order valence-electron chi connectivity index (χ4n) is 2.77. The summed E-state index contributed by atoms with van der Waals surface area (Å²) in [7, 11) is 0. The van der Waals surface area contributed by atoms with Crippen molar-refractivity contribution in [2.24, 2.45) is 0 Å². The minimum Gasteiger partial charge on any atom is -0.287 e. The number of para-hydroxylation sites is 1. The van der Waals surface area contributed by atoms with Gasteiger partial charge in [0, 0.05) is 22.2 Å². The first-order valence-electron chi connectivity index (χ1n) is 7.37. The number of hydrogen-bond donors (Lipinski definition) is 0. The third kappa shape index (κ3) is 2.17. The van der Waals surface area contributed by atoms with E-state index in [1.54, 1.807) is 22.7 Å². The van der Waals surface area contributed by atoms with Crippen LogP contribution in [0.1, 0.15) is 0 Å². The number of halogens is 1. The second kappa shape index (κ2) is 5.41. The lowest BCUT2D eigenvalue weighted by molar-refractivity contribution is 1.23. The first-order chi connectivity index (χ1) is 11.8. The van der Waals surface area contributed by atoms with Crippen molar-refractivity contribution in [3.63, 3.8) is 0 Å². The van der Waals surface area contributed by atoms with Gasteiger partial charge in [-0.3, -0.25) is 4.40 Å². The molecule has 3 aromatic heterocycles. The van der Waals surface area contributed by atoms with Gasteiger partial charge in [0.1, 0.15) is 16.4 Å². The molecule has 3 nitrogen and oxygen atoms in total. The van der Waals surface area contributed by atoms with Crippen LogP contribution in [0.5, 0.6) is 0 Å². The van der Waals surface area contributed by atoms with Crippen LogP contribution in [0, 0.1) is 0 Å². The minimum atomic E-state index is 0.723. The number of thiazole rings is 2. The zero-order chi connectivity index (χ0) is 16.1. The Hall–Kier alpha value is -2.21. The Morgan fingerprint density at radius 3 is 2.62 bits per heavy atom. The normalized spacial score (nSPS) is 11.5. The van der Waals surface area contributed by atoms with Crippen molar-refractivity contribution in [1.29, 1.82) is 0 Å². The van der Waals surface area contributed by atoms with Gasteiger partial charge in [-0.15, -0.1) is 22.7 Å². The molecule has 0 atom stereocenters. The Bertz CT molecular complexity index is 1140. The van der Waals surface area contributed by atoms with Crippen molar-refractivity contribution in [1.82, 2.24) is 14.4 Å². The Balaban J connectivity index is 1.81. The maximum atomic E-state index is 6.03. The van der Waals surface area contributed by atoms with Gasteiger partial charge in [-0.05, 0) is 24.3 Å². The SMILES string of the molecule is Clc1ccc(-c2nc3sccn3c2-c2nc3ccccc3s2)cc1. The predicted molar refractivity (Wildman–Crippen MR) is 102 cm³/mol. The summed E-state index contributed by atoms with van der Waals surface area (Å²) in [6.45, 7) is 0. The van der Waals surface area contributed by atoms with Gasteiger partial charge in [-0.2, -0.15) is 0 Å². The van der Waals surface area contributed by atoms with Crippen LogP contribution in [-0.4, -0.2) is 14.4 Å². The van der Waals surface area contributed by atoms with Crippen molar-refractivity contribution >= 4 is 49.5 Å². The molecule has 0 N–H and O–H groups in total. The molecule has 2 aromatic carbocycles. The summed E-state index contributed by atoms with van der Waals surface area (Å²) in [5.74, 6) is 0. The third-order valence-electron chi connectivity index (χ3n) is 3.88. The highest BCUT2D eigenvalue weighted by Crippen LogP contribution is 2.38. The highest BCUT2D eigenvalue weighted by atomic mass is 35.5. The van der Waals surface area contributed by atoms with Crippen LogP contribution in [0.15, 0.2) is 60.1 Å². The van der Waals surface area contributed by atoms with E-state index in [2.05, 4.69) is 10.5 Å². The molecule has 116 valence electrons. The van der Waals surface area contributed by atoms with Crippen LogP contribution in [0.25, 0.3) is 37.1 Å². The van der Waals surface area contributed by atoms with E-state index < -0.39 is 0 Å². The molecule has 0 amide bonds. The summed E-state index contributed by atoms with van der Waals surface area (Å²) in [4.78, 5) is 10.6. The lowest BCUT2D eigenvalue weighted by Gasteiger charge is -2.01. The molecule has 5 aromatic rings. The fourth-order valence-corrected chi connectivity index (χ4v) is 4.62. The smallest absolute Gasteiger partial charge is 0.194 e. The van der Waals surface area contributed by atoms with E-state index in [9.17, 15) is 0 Å². The van der Waals surface area contributed by atoms with E-state index in [-0.39, 0.29) is 0 Å².